The number of amides is 4. The minimum Gasteiger partial charge on any atom is -0.504 e. The van der Waals surface area contributed by atoms with Crippen molar-refractivity contribution in [1.29, 1.82) is 0 Å². The molecule has 0 unspecified atom stereocenters. The summed E-state index contributed by atoms with van der Waals surface area (Å²) in [7, 11) is 1.22. The number of hydrogen-bond acceptors (Lipinski definition) is 11. The fraction of sp³-hybridized carbons (Fsp3) is 0.500. The van der Waals surface area contributed by atoms with Gasteiger partial charge in [0.1, 0.15) is 12.1 Å². The zero-order valence-corrected chi connectivity index (χ0v) is 36.5. The fourth-order valence-electron chi connectivity index (χ4n) is 7.52. The van der Waals surface area contributed by atoms with E-state index in [1.807, 2.05) is 13.8 Å². The lowest BCUT2D eigenvalue weighted by atomic mass is 9.96. The molecular formula is C46H62N6O11. The molecule has 17 nitrogen and oxygen atoms in total. The van der Waals surface area contributed by atoms with E-state index in [-0.39, 0.29) is 60.0 Å². The van der Waals surface area contributed by atoms with E-state index in [0.29, 0.717) is 12.0 Å². The van der Waals surface area contributed by atoms with Gasteiger partial charge in [0.15, 0.2) is 17.5 Å². The number of hydrogen-bond donors (Lipinski definition) is 7. The van der Waals surface area contributed by atoms with E-state index in [9.17, 15) is 44.3 Å². The van der Waals surface area contributed by atoms with Crippen LogP contribution in [0.1, 0.15) is 114 Å². The van der Waals surface area contributed by atoms with Crippen molar-refractivity contribution in [3.8, 4) is 23.0 Å². The third kappa shape index (κ3) is 15.0. The number of carboxylic acid groups (broad SMARTS) is 1. The molecule has 5 rings (SSSR count). The summed E-state index contributed by atoms with van der Waals surface area (Å²) in [5, 5.41) is 45.0. The Labute approximate surface area is 368 Å². The summed E-state index contributed by atoms with van der Waals surface area (Å²) in [6.07, 6.45) is 8.89. The number of nitrogens with two attached hydrogens (primary N) is 1. The van der Waals surface area contributed by atoms with E-state index in [1.165, 1.54) is 44.2 Å². The first kappa shape index (κ1) is 49.4. The molecule has 4 amide bonds. The van der Waals surface area contributed by atoms with E-state index in [2.05, 4.69) is 28.2 Å². The van der Waals surface area contributed by atoms with E-state index in [1.54, 1.807) is 30.3 Å². The maximum Gasteiger partial charge on any atom is 0.328 e. The number of aromatic hydroxyl groups is 1. The molecule has 17 heteroatoms. The summed E-state index contributed by atoms with van der Waals surface area (Å²) in [6.45, 7) is 5.91. The molecule has 0 saturated heterocycles. The Morgan fingerprint density at radius 2 is 1.60 bits per heavy atom. The van der Waals surface area contributed by atoms with Crippen LogP contribution in [0, 0.1) is 16.0 Å². The van der Waals surface area contributed by atoms with Crippen molar-refractivity contribution < 1.29 is 48.6 Å². The molecule has 2 aliphatic rings. The van der Waals surface area contributed by atoms with Gasteiger partial charge in [-0.15, -0.1) is 0 Å². The normalized spacial score (nSPS) is 17.5. The van der Waals surface area contributed by atoms with Crippen molar-refractivity contribution >= 4 is 35.3 Å². The third-order valence-electron chi connectivity index (χ3n) is 10.8. The number of carboxylic acids is 1. The first-order valence-electron chi connectivity index (χ1n) is 21.7. The van der Waals surface area contributed by atoms with Crippen molar-refractivity contribution in [3.63, 3.8) is 0 Å². The number of methoxy groups -OCH3 is 1. The monoisotopic (exact) mass is 874 g/mol. The van der Waals surface area contributed by atoms with Crippen molar-refractivity contribution in [2.75, 3.05) is 7.11 Å². The van der Waals surface area contributed by atoms with E-state index >= 15 is 0 Å². The minimum absolute atomic E-state index is 0.00277. The molecule has 8 N–H and O–H groups in total. The number of benzene rings is 3. The van der Waals surface area contributed by atoms with E-state index in [4.69, 9.17) is 15.2 Å². The van der Waals surface area contributed by atoms with Crippen LogP contribution in [0.3, 0.4) is 0 Å². The van der Waals surface area contributed by atoms with Crippen LogP contribution >= 0.6 is 0 Å². The Bertz CT molecular complexity index is 2050. The fourth-order valence-corrected chi connectivity index (χ4v) is 7.52. The Morgan fingerprint density at radius 3 is 2.22 bits per heavy atom. The summed E-state index contributed by atoms with van der Waals surface area (Å²) in [5.74, 6) is -5.91. The summed E-state index contributed by atoms with van der Waals surface area (Å²) in [4.78, 5) is 80.6. The quantitative estimate of drug-likeness (QED) is 0.0376. The van der Waals surface area contributed by atoms with Crippen molar-refractivity contribution in [1.82, 2.24) is 21.3 Å². The molecule has 342 valence electrons. The van der Waals surface area contributed by atoms with Gasteiger partial charge in [0, 0.05) is 25.3 Å². The summed E-state index contributed by atoms with van der Waals surface area (Å²) < 4.78 is 11.4. The second kappa shape index (κ2) is 24.4. The second-order valence-corrected chi connectivity index (χ2v) is 16.4. The lowest BCUT2D eigenvalue weighted by Gasteiger charge is -2.30. The van der Waals surface area contributed by atoms with Gasteiger partial charge in [0.05, 0.1) is 24.1 Å². The Morgan fingerprint density at radius 1 is 0.937 bits per heavy atom. The van der Waals surface area contributed by atoms with Gasteiger partial charge >= 0.3 is 11.7 Å². The van der Waals surface area contributed by atoms with Crippen LogP contribution in [0.4, 0.5) is 5.69 Å². The van der Waals surface area contributed by atoms with Gasteiger partial charge in [-0.05, 0) is 53.6 Å². The summed E-state index contributed by atoms with van der Waals surface area (Å²) in [6, 6.07) is 7.64. The molecule has 4 bridgehead atoms. The maximum absolute atomic E-state index is 14.6. The zero-order valence-electron chi connectivity index (χ0n) is 36.5. The van der Waals surface area contributed by atoms with Crippen molar-refractivity contribution in [2.45, 2.75) is 134 Å². The molecule has 0 aromatic heterocycles. The van der Waals surface area contributed by atoms with Crippen LogP contribution in [-0.2, 0) is 36.8 Å². The van der Waals surface area contributed by atoms with Gasteiger partial charge in [-0.3, -0.25) is 29.3 Å². The zero-order chi connectivity index (χ0) is 46.1. The van der Waals surface area contributed by atoms with Crippen LogP contribution in [-0.4, -0.2) is 76.0 Å². The predicted octanol–water partition coefficient (Wildman–Crippen LogP) is 5.89. The first-order chi connectivity index (χ1) is 30.1. The number of ether oxygens (including phenoxy) is 2. The number of rotatable bonds is 21. The average Bonchev–Trinajstić information content (AvgIpc) is 3.23. The predicted molar refractivity (Wildman–Crippen MR) is 235 cm³/mol. The highest BCUT2D eigenvalue weighted by Crippen LogP contribution is 2.44. The topological polar surface area (TPSA) is 262 Å². The molecule has 2 aliphatic heterocycles. The number of aliphatic carboxylic acids is 1. The van der Waals surface area contributed by atoms with Crippen molar-refractivity contribution in [2.24, 2.45) is 11.7 Å². The molecule has 0 spiro atoms. The van der Waals surface area contributed by atoms with Crippen LogP contribution in [0.15, 0.2) is 60.7 Å². The highest BCUT2D eigenvalue weighted by molar-refractivity contribution is 5.94. The first-order valence-corrected chi connectivity index (χ1v) is 21.7. The molecule has 63 heavy (non-hydrogen) atoms. The Balaban J connectivity index is 1.80. The van der Waals surface area contributed by atoms with Gasteiger partial charge in [-0.1, -0.05) is 109 Å². The molecule has 0 fully saturated rings. The Kier molecular flexibility index (Phi) is 19.2. The molecule has 2 heterocycles. The number of phenolic OH excluding ortho intramolecular Hbond substituents is 1. The molecule has 5 atom stereocenters. The van der Waals surface area contributed by atoms with Gasteiger partial charge in [-0.2, -0.15) is 0 Å². The summed E-state index contributed by atoms with van der Waals surface area (Å²) >= 11 is 0. The maximum atomic E-state index is 14.6. The standard InChI is InChI=1S/C46H62N6O11/c1-5-6-7-8-9-10-11-12-16-19-39(54)50-41(46(58)59)40-31-26-36(53)42(62-4)38(27-31)63-37-21-20-30(25-35(37)52(60)61)24-34(48-43(55)32(47)22-28(2)3)44(56)49-33(45(57)51-40)23-29-17-14-13-15-18-29/h13-15,17-18,20-21,25-28,32-34,40-41,53H,5-12,16,19,22-24,47H2,1-4H3,(H,48,55)(H,49,56)(H,50,54)(H,51,57)(H,58,59)/t32-,33-,34+,40-,41-/m1/s1. The largest absolute Gasteiger partial charge is 0.504 e. The van der Waals surface area contributed by atoms with Crippen LogP contribution < -0.4 is 36.5 Å². The van der Waals surface area contributed by atoms with Gasteiger partial charge in [0.25, 0.3) is 0 Å². The van der Waals surface area contributed by atoms with Gasteiger partial charge < -0.3 is 46.7 Å². The van der Waals surface area contributed by atoms with Crippen molar-refractivity contribution in [3.05, 3.63) is 87.5 Å². The number of unbranched alkanes of at least 4 members (excludes halogenated alkanes) is 8. The highest BCUT2D eigenvalue weighted by atomic mass is 16.6. The smallest absolute Gasteiger partial charge is 0.328 e. The highest BCUT2D eigenvalue weighted by Gasteiger charge is 2.37. The molecule has 3 aromatic carbocycles. The third-order valence-corrected chi connectivity index (χ3v) is 10.8. The molecule has 0 aliphatic carbocycles. The van der Waals surface area contributed by atoms with E-state index < -0.39 is 76.2 Å². The number of carbonyl (C=O) groups excluding carboxylic acids is 4. The number of fused-ring (bicyclic) bond motifs is 9. The van der Waals surface area contributed by atoms with E-state index in [0.717, 1.165) is 44.6 Å². The van der Waals surface area contributed by atoms with Crippen LogP contribution in [0.5, 0.6) is 23.0 Å². The van der Waals surface area contributed by atoms with Gasteiger partial charge in [-0.25, -0.2) is 4.79 Å². The van der Waals surface area contributed by atoms with Gasteiger partial charge in [0.2, 0.25) is 35.1 Å². The number of carbonyl (C=O) groups is 5. The SMILES string of the molecule is CCCCCCCCCCCC(=O)N[C@@H](C(=O)O)[C@@H]1NC(=O)[C@@H](Cc2ccccc2)NC(=O)[C@@H](NC(=O)[C@H](N)CC(C)C)Cc2ccc(c([N+](=O)[O-])c2)Oc2cc1cc(O)c2OC. The molecular weight excluding hydrogens is 813 g/mol. The molecule has 0 radical (unpaired) electrons. The molecule has 0 saturated carbocycles. The van der Waals surface area contributed by atoms with Crippen LogP contribution in [0.2, 0.25) is 0 Å². The minimum atomic E-state index is -1.84. The number of nitrogens with zero attached hydrogens (tertiary/aromatic N) is 1. The number of nitrogens with one attached hydrogen (secondary N) is 4. The summed E-state index contributed by atoms with van der Waals surface area (Å²) in [5.41, 5.74) is 6.40. The molecule has 3 aromatic rings. The van der Waals surface area contributed by atoms with Crippen LogP contribution in [0.25, 0.3) is 0 Å². The second-order valence-electron chi connectivity index (χ2n) is 16.4. The number of nitro benzene ring substituents is 1. The average molecular weight is 875 g/mol. The number of phenols is 1. The Hall–Kier alpha value is -6.23. The lowest BCUT2D eigenvalue weighted by Crippen LogP contribution is -2.58. The lowest BCUT2D eigenvalue weighted by molar-refractivity contribution is -0.385. The number of nitro groups is 1.